The average Bonchev–Trinajstić information content (AvgIpc) is 1.83. The molecular formula is C5H10N2O. The molecule has 0 bridgehead atoms. The van der Waals surface area contributed by atoms with Crippen molar-refractivity contribution in [3.05, 3.63) is 12.3 Å². The van der Waals surface area contributed by atoms with Gasteiger partial charge < -0.3 is 10.6 Å². The first-order chi connectivity index (χ1) is 3.81. The van der Waals surface area contributed by atoms with Crippen molar-refractivity contribution in [1.82, 2.24) is 10.6 Å². The number of likely N-dealkylation sites (N-methyl/N-ethyl adjacent to an activating group) is 1. The average molecular weight is 114 g/mol. The first-order valence-corrected chi connectivity index (χ1v) is 2.34. The van der Waals surface area contributed by atoms with Gasteiger partial charge in [0.1, 0.15) is 0 Å². The Labute approximate surface area is 48.8 Å². The van der Waals surface area contributed by atoms with Gasteiger partial charge in [0.05, 0.1) is 6.54 Å². The van der Waals surface area contributed by atoms with Crippen molar-refractivity contribution in [3.8, 4) is 0 Å². The van der Waals surface area contributed by atoms with Crippen LogP contribution >= 0.6 is 0 Å². The Kier molecular flexibility index (Phi) is 3.66. The summed E-state index contributed by atoms with van der Waals surface area (Å²) in [6.45, 7) is 4.08. The molecule has 0 aromatic carbocycles. The molecule has 0 aromatic heterocycles. The number of carbonyl (C=O) groups is 1. The van der Waals surface area contributed by atoms with E-state index in [0.29, 0.717) is 13.0 Å². The SMILES string of the molecule is C=C(CNC=O)NC. The van der Waals surface area contributed by atoms with Crippen LogP contribution in [-0.4, -0.2) is 20.0 Å². The summed E-state index contributed by atoms with van der Waals surface area (Å²) in [4.78, 5) is 9.65. The molecule has 0 saturated heterocycles. The van der Waals surface area contributed by atoms with E-state index in [-0.39, 0.29) is 0 Å². The highest BCUT2D eigenvalue weighted by molar-refractivity contribution is 5.46. The van der Waals surface area contributed by atoms with Gasteiger partial charge in [-0.25, -0.2) is 0 Å². The van der Waals surface area contributed by atoms with Gasteiger partial charge in [-0.3, -0.25) is 4.79 Å². The minimum absolute atomic E-state index is 0.500. The van der Waals surface area contributed by atoms with Crippen molar-refractivity contribution in [2.75, 3.05) is 13.6 Å². The largest absolute Gasteiger partial charge is 0.390 e. The van der Waals surface area contributed by atoms with Gasteiger partial charge in [0, 0.05) is 12.7 Å². The van der Waals surface area contributed by atoms with Crippen molar-refractivity contribution in [2.45, 2.75) is 0 Å². The molecule has 0 aliphatic rings. The lowest BCUT2D eigenvalue weighted by molar-refractivity contribution is -0.109. The molecule has 0 unspecified atom stereocenters. The fraction of sp³-hybridized carbons (Fsp3) is 0.400. The van der Waals surface area contributed by atoms with Crippen LogP contribution in [0.4, 0.5) is 0 Å². The monoisotopic (exact) mass is 114 g/mol. The van der Waals surface area contributed by atoms with Crippen LogP contribution in [0.15, 0.2) is 12.3 Å². The van der Waals surface area contributed by atoms with E-state index in [9.17, 15) is 4.79 Å². The van der Waals surface area contributed by atoms with Crippen LogP contribution in [0, 0.1) is 0 Å². The lowest BCUT2D eigenvalue weighted by Crippen LogP contribution is -2.20. The molecule has 2 N–H and O–H groups in total. The molecule has 0 heterocycles. The Balaban J connectivity index is 3.11. The third-order valence-corrected chi connectivity index (χ3v) is 0.752. The minimum Gasteiger partial charge on any atom is -0.390 e. The summed E-state index contributed by atoms with van der Waals surface area (Å²) < 4.78 is 0. The molecule has 0 atom stereocenters. The lowest BCUT2D eigenvalue weighted by Gasteiger charge is -2.00. The first kappa shape index (κ1) is 7.01. The third-order valence-electron chi connectivity index (χ3n) is 0.752. The summed E-state index contributed by atoms with van der Waals surface area (Å²) >= 11 is 0. The summed E-state index contributed by atoms with van der Waals surface area (Å²) in [5.41, 5.74) is 0.803. The van der Waals surface area contributed by atoms with E-state index in [0.717, 1.165) is 5.70 Å². The van der Waals surface area contributed by atoms with Crippen LogP contribution in [-0.2, 0) is 4.79 Å². The molecule has 0 spiro atoms. The molecule has 0 aliphatic heterocycles. The zero-order valence-electron chi connectivity index (χ0n) is 4.90. The molecule has 3 nitrogen and oxygen atoms in total. The second kappa shape index (κ2) is 4.18. The molecule has 0 rings (SSSR count). The van der Waals surface area contributed by atoms with Gasteiger partial charge in [-0.1, -0.05) is 6.58 Å². The van der Waals surface area contributed by atoms with Crippen LogP contribution in [0.3, 0.4) is 0 Å². The van der Waals surface area contributed by atoms with Crippen molar-refractivity contribution in [3.63, 3.8) is 0 Å². The summed E-state index contributed by atoms with van der Waals surface area (Å²) in [5, 5.41) is 5.24. The second-order valence-corrected chi connectivity index (χ2v) is 1.35. The molecule has 0 fully saturated rings. The summed E-state index contributed by atoms with van der Waals surface area (Å²) in [6.07, 6.45) is 0.641. The Morgan fingerprint density at radius 2 is 2.50 bits per heavy atom. The van der Waals surface area contributed by atoms with Gasteiger partial charge in [0.2, 0.25) is 6.41 Å². The number of hydrogen-bond donors (Lipinski definition) is 2. The van der Waals surface area contributed by atoms with E-state index in [2.05, 4.69) is 17.2 Å². The van der Waals surface area contributed by atoms with Gasteiger partial charge in [0.15, 0.2) is 0 Å². The van der Waals surface area contributed by atoms with Crippen LogP contribution in [0.5, 0.6) is 0 Å². The maximum Gasteiger partial charge on any atom is 0.207 e. The van der Waals surface area contributed by atoms with Crippen LogP contribution in [0.1, 0.15) is 0 Å². The molecule has 0 radical (unpaired) electrons. The fourth-order valence-electron chi connectivity index (χ4n) is 0.253. The maximum atomic E-state index is 9.65. The molecule has 46 valence electrons. The number of nitrogens with one attached hydrogen (secondary N) is 2. The molecular weight excluding hydrogens is 104 g/mol. The highest BCUT2D eigenvalue weighted by Gasteiger charge is 1.82. The van der Waals surface area contributed by atoms with Crippen molar-refractivity contribution in [2.24, 2.45) is 0 Å². The van der Waals surface area contributed by atoms with Crippen LogP contribution in [0.2, 0.25) is 0 Å². The third kappa shape index (κ3) is 3.21. The lowest BCUT2D eigenvalue weighted by atomic mass is 10.5. The molecule has 0 saturated carbocycles. The predicted octanol–water partition coefficient (Wildman–Crippen LogP) is -0.535. The maximum absolute atomic E-state index is 9.65. The molecule has 8 heavy (non-hydrogen) atoms. The predicted molar refractivity (Wildman–Crippen MR) is 32.3 cm³/mol. The first-order valence-electron chi connectivity index (χ1n) is 2.34. The van der Waals surface area contributed by atoms with Gasteiger partial charge in [-0.2, -0.15) is 0 Å². The van der Waals surface area contributed by atoms with Gasteiger partial charge in [0.25, 0.3) is 0 Å². The zero-order valence-corrected chi connectivity index (χ0v) is 4.90. The number of carbonyl (C=O) groups excluding carboxylic acids is 1. The van der Waals surface area contributed by atoms with Gasteiger partial charge >= 0.3 is 0 Å². The zero-order chi connectivity index (χ0) is 6.41. The number of hydrogen-bond acceptors (Lipinski definition) is 2. The normalized spacial score (nSPS) is 7.62. The highest BCUT2D eigenvalue weighted by atomic mass is 16.1. The molecule has 3 heteroatoms. The molecule has 1 amide bonds. The number of rotatable bonds is 4. The molecule has 0 aliphatic carbocycles. The standard InChI is InChI=1S/C5H10N2O/c1-5(6-2)3-7-4-8/h4,6H,1,3H2,2H3,(H,7,8). The van der Waals surface area contributed by atoms with Crippen LogP contribution in [0.25, 0.3) is 0 Å². The van der Waals surface area contributed by atoms with Gasteiger partial charge in [-0.15, -0.1) is 0 Å². The smallest absolute Gasteiger partial charge is 0.207 e. The summed E-state index contributed by atoms with van der Waals surface area (Å²) in [5.74, 6) is 0. The van der Waals surface area contributed by atoms with E-state index in [1.165, 1.54) is 0 Å². The van der Waals surface area contributed by atoms with Crippen LogP contribution < -0.4 is 10.6 Å². The van der Waals surface area contributed by atoms with Crippen molar-refractivity contribution >= 4 is 6.41 Å². The summed E-state index contributed by atoms with van der Waals surface area (Å²) in [6, 6.07) is 0. The van der Waals surface area contributed by atoms with E-state index in [1.54, 1.807) is 7.05 Å². The van der Waals surface area contributed by atoms with Gasteiger partial charge in [-0.05, 0) is 0 Å². The Morgan fingerprint density at radius 3 is 2.88 bits per heavy atom. The Hall–Kier alpha value is -0.990. The summed E-state index contributed by atoms with van der Waals surface area (Å²) in [7, 11) is 1.76. The second-order valence-electron chi connectivity index (χ2n) is 1.35. The van der Waals surface area contributed by atoms with E-state index in [1.807, 2.05) is 0 Å². The fourth-order valence-corrected chi connectivity index (χ4v) is 0.253. The molecule has 0 aromatic rings. The quantitative estimate of drug-likeness (QED) is 0.482. The Bertz CT molecular complexity index is 90.4. The van der Waals surface area contributed by atoms with E-state index in [4.69, 9.17) is 0 Å². The minimum atomic E-state index is 0.500. The highest BCUT2D eigenvalue weighted by Crippen LogP contribution is 1.72. The van der Waals surface area contributed by atoms with E-state index >= 15 is 0 Å². The van der Waals surface area contributed by atoms with Crippen molar-refractivity contribution in [1.29, 1.82) is 0 Å². The van der Waals surface area contributed by atoms with Crippen molar-refractivity contribution < 1.29 is 4.79 Å². The number of amides is 1. The topological polar surface area (TPSA) is 41.1 Å². The Morgan fingerprint density at radius 1 is 1.88 bits per heavy atom. The van der Waals surface area contributed by atoms with E-state index < -0.39 is 0 Å².